The van der Waals surface area contributed by atoms with Crippen LogP contribution in [0.4, 0.5) is 22.4 Å². The lowest BCUT2D eigenvalue weighted by atomic mass is 10.2. The van der Waals surface area contributed by atoms with Gasteiger partial charge in [0, 0.05) is 24.7 Å². The Labute approximate surface area is 117 Å². The van der Waals surface area contributed by atoms with E-state index in [0.717, 1.165) is 0 Å². The van der Waals surface area contributed by atoms with Crippen molar-refractivity contribution >= 4 is 6.03 Å². The summed E-state index contributed by atoms with van der Waals surface area (Å²) in [5, 5.41) is 4.50. The zero-order valence-corrected chi connectivity index (χ0v) is 10.9. The molecule has 0 radical (unpaired) electrons. The summed E-state index contributed by atoms with van der Waals surface area (Å²) in [4.78, 5) is 15.0. The molecule has 0 aromatic carbocycles. The second-order valence-corrected chi connectivity index (χ2v) is 4.65. The van der Waals surface area contributed by atoms with Gasteiger partial charge in [-0.3, -0.25) is 0 Å². The van der Waals surface area contributed by atoms with Gasteiger partial charge < -0.3 is 15.4 Å². The number of amides is 2. The largest absolute Gasteiger partial charge is 0.417 e. The molecule has 1 aliphatic carbocycles. The number of hydrogen-bond donors (Lipinski definition) is 2. The van der Waals surface area contributed by atoms with Gasteiger partial charge in [-0.2, -0.15) is 8.78 Å². The molecule has 0 aliphatic heterocycles. The number of carbonyl (C=O) groups is 1. The van der Waals surface area contributed by atoms with Crippen molar-refractivity contribution in [1.29, 1.82) is 0 Å². The Kier molecular flexibility index (Phi) is 4.19. The van der Waals surface area contributed by atoms with E-state index in [1.165, 1.54) is 25.3 Å². The second kappa shape index (κ2) is 5.74. The molecule has 0 bridgehead atoms. The molecular formula is C12H13F4N3O2. The van der Waals surface area contributed by atoms with Crippen LogP contribution in [-0.2, 0) is 6.54 Å². The number of nitrogens with zero attached hydrogens (tertiary/aromatic N) is 1. The van der Waals surface area contributed by atoms with Crippen LogP contribution >= 0.6 is 0 Å². The molecule has 0 spiro atoms. The zero-order chi connectivity index (χ0) is 15.6. The fraction of sp³-hybridized carbons (Fsp3) is 0.500. The summed E-state index contributed by atoms with van der Waals surface area (Å²) in [6.45, 7) is -1.69. The third-order valence-electron chi connectivity index (χ3n) is 3.16. The van der Waals surface area contributed by atoms with Crippen molar-refractivity contribution in [2.75, 3.05) is 0 Å². The first-order valence-corrected chi connectivity index (χ1v) is 6.12. The van der Waals surface area contributed by atoms with Crippen molar-refractivity contribution in [3.8, 4) is 5.88 Å². The Morgan fingerprint density at radius 2 is 2.19 bits per heavy atom. The number of hydrogen-bond acceptors (Lipinski definition) is 3. The first-order chi connectivity index (χ1) is 9.80. The summed E-state index contributed by atoms with van der Waals surface area (Å²) in [5.74, 6) is -4.06. The minimum Gasteiger partial charge on any atom is -0.417 e. The molecule has 1 aromatic heterocycles. The van der Waals surface area contributed by atoms with Crippen LogP contribution in [0, 0.1) is 5.92 Å². The lowest BCUT2D eigenvalue weighted by Gasteiger charge is -2.08. The minimum absolute atomic E-state index is 0.0272. The van der Waals surface area contributed by atoms with E-state index in [4.69, 9.17) is 0 Å². The molecule has 1 heterocycles. The van der Waals surface area contributed by atoms with Crippen molar-refractivity contribution in [3.63, 3.8) is 0 Å². The normalized spacial score (nSPS) is 22.8. The highest BCUT2D eigenvalue weighted by molar-refractivity contribution is 5.75. The number of rotatable bonds is 5. The van der Waals surface area contributed by atoms with E-state index in [1.807, 2.05) is 0 Å². The molecular weight excluding hydrogens is 294 g/mol. The summed E-state index contributed by atoms with van der Waals surface area (Å²) in [5.41, 5.74) is 0.450. The highest BCUT2D eigenvalue weighted by Gasteiger charge is 2.66. The predicted molar refractivity (Wildman–Crippen MR) is 64.1 cm³/mol. The average Bonchev–Trinajstić information content (AvgIpc) is 2.86. The van der Waals surface area contributed by atoms with Gasteiger partial charge in [-0.15, -0.1) is 0 Å². The van der Waals surface area contributed by atoms with Crippen molar-refractivity contribution in [1.82, 2.24) is 15.6 Å². The fourth-order valence-electron chi connectivity index (χ4n) is 1.79. The van der Waals surface area contributed by atoms with Crippen LogP contribution in [0.3, 0.4) is 0 Å². The zero-order valence-electron chi connectivity index (χ0n) is 10.9. The van der Waals surface area contributed by atoms with Crippen molar-refractivity contribution < 1.29 is 27.1 Å². The molecule has 1 saturated carbocycles. The molecule has 1 aliphatic rings. The molecule has 1 fully saturated rings. The number of urea groups is 1. The topological polar surface area (TPSA) is 63.2 Å². The first kappa shape index (κ1) is 15.3. The smallest absolute Gasteiger partial charge is 0.388 e. The van der Waals surface area contributed by atoms with E-state index in [9.17, 15) is 22.4 Å². The van der Waals surface area contributed by atoms with Crippen molar-refractivity contribution in [2.24, 2.45) is 5.92 Å². The van der Waals surface area contributed by atoms with E-state index < -0.39 is 30.5 Å². The maximum Gasteiger partial charge on any atom is 0.388 e. The first-order valence-electron chi connectivity index (χ1n) is 6.12. The maximum absolute atomic E-state index is 12.9. The van der Waals surface area contributed by atoms with Gasteiger partial charge in [-0.1, -0.05) is 6.92 Å². The summed E-state index contributed by atoms with van der Waals surface area (Å²) >= 11 is 0. The number of halogens is 4. The van der Waals surface area contributed by atoms with Gasteiger partial charge in [0.1, 0.15) is 6.04 Å². The number of aromatic nitrogens is 1. The summed E-state index contributed by atoms with van der Waals surface area (Å²) in [7, 11) is 0. The molecule has 0 saturated heterocycles. The van der Waals surface area contributed by atoms with Crippen LogP contribution < -0.4 is 15.4 Å². The number of pyridine rings is 1. The lowest BCUT2D eigenvalue weighted by Crippen LogP contribution is -2.38. The molecule has 1 aromatic rings. The Hall–Kier alpha value is -2.06. The third kappa shape index (κ3) is 3.73. The van der Waals surface area contributed by atoms with E-state index in [0.29, 0.717) is 5.56 Å². The van der Waals surface area contributed by atoms with E-state index in [2.05, 4.69) is 20.4 Å². The average molecular weight is 307 g/mol. The molecule has 0 unspecified atom stereocenters. The standard InChI is InChI=1S/C12H13F4N3O2/c1-6-9(12(6,15)16)19-11(20)18-5-7-2-3-17-8(4-7)21-10(13)14/h2-4,6,9-10H,5H2,1H3,(H2,18,19,20)/t6-,9-/m0/s1. The highest BCUT2D eigenvalue weighted by atomic mass is 19.3. The van der Waals surface area contributed by atoms with Crippen LogP contribution in [0.5, 0.6) is 5.88 Å². The van der Waals surface area contributed by atoms with Crippen LogP contribution in [0.15, 0.2) is 18.3 Å². The van der Waals surface area contributed by atoms with Gasteiger partial charge in [-0.05, 0) is 11.6 Å². The number of nitrogens with one attached hydrogen (secondary N) is 2. The Morgan fingerprint density at radius 3 is 2.76 bits per heavy atom. The minimum atomic E-state index is -3.00. The number of alkyl halides is 4. The number of ether oxygens (including phenoxy) is 1. The SMILES string of the molecule is C[C@H]1[C@H](NC(=O)NCc2ccnc(OC(F)F)c2)C1(F)F. The van der Waals surface area contributed by atoms with Gasteiger partial charge in [0.25, 0.3) is 5.92 Å². The Bertz CT molecular complexity index is 527. The van der Waals surface area contributed by atoms with Gasteiger partial charge in [0.05, 0.1) is 0 Å². The summed E-state index contributed by atoms with van der Waals surface area (Å²) in [6, 6.07) is 0.776. The fourth-order valence-corrected chi connectivity index (χ4v) is 1.79. The predicted octanol–water partition coefficient (Wildman–Crippen LogP) is 2.14. The molecule has 2 atom stereocenters. The van der Waals surface area contributed by atoms with Crippen LogP contribution in [0.1, 0.15) is 12.5 Å². The quantitative estimate of drug-likeness (QED) is 0.819. The van der Waals surface area contributed by atoms with Crippen molar-refractivity contribution in [3.05, 3.63) is 23.9 Å². The molecule has 116 valence electrons. The highest BCUT2D eigenvalue weighted by Crippen LogP contribution is 2.48. The van der Waals surface area contributed by atoms with Gasteiger partial charge >= 0.3 is 12.6 Å². The van der Waals surface area contributed by atoms with E-state index in [-0.39, 0.29) is 12.4 Å². The Balaban J connectivity index is 1.81. The van der Waals surface area contributed by atoms with Crippen LogP contribution in [0.25, 0.3) is 0 Å². The van der Waals surface area contributed by atoms with Gasteiger partial charge in [0.2, 0.25) is 5.88 Å². The molecule has 2 amide bonds. The van der Waals surface area contributed by atoms with Crippen molar-refractivity contribution in [2.45, 2.75) is 32.0 Å². The van der Waals surface area contributed by atoms with Gasteiger partial charge in [-0.25, -0.2) is 18.6 Å². The molecule has 2 N–H and O–H groups in total. The van der Waals surface area contributed by atoms with Gasteiger partial charge in [0.15, 0.2) is 0 Å². The number of carbonyl (C=O) groups excluding carboxylic acids is 1. The van der Waals surface area contributed by atoms with Crippen LogP contribution in [0.2, 0.25) is 0 Å². The monoisotopic (exact) mass is 307 g/mol. The second-order valence-electron chi connectivity index (χ2n) is 4.65. The molecule has 2 rings (SSSR count). The lowest BCUT2D eigenvalue weighted by molar-refractivity contribution is -0.0529. The summed E-state index contributed by atoms with van der Waals surface area (Å²) in [6.07, 6.45) is 1.24. The van der Waals surface area contributed by atoms with E-state index >= 15 is 0 Å². The molecule has 21 heavy (non-hydrogen) atoms. The third-order valence-corrected chi connectivity index (χ3v) is 3.16. The molecule has 5 nitrogen and oxygen atoms in total. The Morgan fingerprint density at radius 1 is 1.52 bits per heavy atom. The summed E-state index contributed by atoms with van der Waals surface area (Å²) < 4.78 is 54.0. The van der Waals surface area contributed by atoms with E-state index in [1.54, 1.807) is 0 Å². The van der Waals surface area contributed by atoms with Crippen LogP contribution in [-0.4, -0.2) is 29.6 Å². The maximum atomic E-state index is 12.9. The molecule has 9 heteroatoms.